The molecular weight excluding hydrogens is 392 g/mol. The van der Waals surface area contributed by atoms with Gasteiger partial charge in [0.15, 0.2) is 0 Å². The van der Waals surface area contributed by atoms with Gasteiger partial charge in [0.2, 0.25) is 5.95 Å². The van der Waals surface area contributed by atoms with E-state index in [1.54, 1.807) is 0 Å². The van der Waals surface area contributed by atoms with Crippen molar-refractivity contribution in [2.45, 2.75) is 19.9 Å². The summed E-state index contributed by atoms with van der Waals surface area (Å²) in [5, 5.41) is 4.02. The van der Waals surface area contributed by atoms with E-state index >= 15 is 0 Å². The summed E-state index contributed by atoms with van der Waals surface area (Å²) >= 11 is 3.59. The van der Waals surface area contributed by atoms with Crippen molar-refractivity contribution < 1.29 is 4.79 Å². The number of halogens is 1. The molecule has 2 aromatic carbocycles. The lowest BCUT2D eigenvalue weighted by atomic mass is 10.2. The zero-order valence-electron chi connectivity index (χ0n) is 14.7. The quantitative estimate of drug-likeness (QED) is 0.517. The first-order valence-electron chi connectivity index (χ1n) is 8.61. The van der Waals surface area contributed by atoms with Gasteiger partial charge in [-0.15, -0.1) is 0 Å². The smallest absolute Gasteiger partial charge is 0.275 e. The number of rotatable bonds is 4. The van der Waals surface area contributed by atoms with E-state index in [4.69, 9.17) is 0 Å². The third kappa shape index (κ3) is 2.61. The molecule has 0 atom stereocenters. The van der Waals surface area contributed by atoms with Crippen molar-refractivity contribution in [3.05, 3.63) is 58.7 Å². The SMILES string of the molecule is CCCn1c(NC(=O)c2c(Br)c3ccccc3n2C)nc2ccccc21. The summed E-state index contributed by atoms with van der Waals surface area (Å²) in [4.78, 5) is 17.7. The van der Waals surface area contributed by atoms with Crippen molar-refractivity contribution in [1.82, 2.24) is 14.1 Å². The van der Waals surface area contributed by atoms with Gasteiger partial charge in [0, 0.05) is 24.5 Å². The van der Waals surface area contributed by atoms with Crippen LogP contribution < -0.4 is 5.32 Å². The Kier molecular flexibility index (Phi) is 4.28. The Hall–Kier alpha value is -2.60. The third-order valence-electron chi connectivity index (χ3n) is 4.59. The number of aryl methyl sites for hydroxylation is 2. The summed E-state index contributed by atoms with van der Waals surface area (Å²) in [6.07, 6.45) is 0.959. The number of fused-ring (bicyclic) bond motifs is 2. The predicted molar refractivity (Wildman–Crippen MR) is 109 cm³/mol. The monoisotopic (exact) mass is 410 g/mol. The second-order valence-electron chi connectivity index (χ2n) is 6.27. The molecule has 0 fully saturated rings. The first-order valence-corrected chi connectivity index (χ1v) is 9.40. The lowest BCUT2D eigenvalue weighted by Crippen LogP contribution is -2.19. The normalized spacial score (nSPS) is 11.3. The molecule has 0 saturated carbocycles. The molecule has 6 heteroatoms. The summed E-state index contributed by atoms with van der Waals surface area (Å²) in [5.41, 5.74) is 3.50. The van der Waals surface area contributed by atoms with Crippen molar-refractivity contribution in [3.8, 4) is 0 Å². The van der Waals surface area contributed by atoms with Crippen LogP contribution in [0.15, 0.2) is 53.0 Å². The highest BCUT2D eigenvalue weighted by Crippen LogP contribution is 2.31. The molecule has 0 unspecified atom stereocenters. The zero-order valence-corrected chi connectivity index (χ0v) is 16.2. The average Bonchev–Trinajstić information content (AvgIpc) is 3.11. The maximum atomic E-state index is 13.0. The number of anilines is 1. The van der Waals surface area contributed by atoms with Crippen LogP contribution in [0.1, 0.15) is 23.8 Å². The summed E-state index contributed by atoms with van der Waals surface area (Å²) in [6.45, 7) is 2.91. The number of imidazole rings is 1. The molecule has 26 heavy (non-hydrogen) atoms. The molecule has 0 aliphatic rings. The lowest BCUT2D eigenvalue weighted by molar-refractivity contribution is 0.101. The minimum Gasteiger partial charge on any atom is -0.339 e. The molecule has 1 amide bonds. The first-order chi connectivity index (χ1) is 12.6. The van der Waals surface area contributed by atoms with Gasteiger partial charge >= 0.3 is 0 Å². The van der Waals surface area contributed by atoms with E-state index in [1.165, 1.54) is 0 Å². The Morgan fingerprint density at radius 2 is 1.81 bits per heavy atom. The van der Waals surface area contributed by atoms with Crippen LogP contribution in [0.4, 0.5) is 5.95 Å². The van der Waals surface area contributed by atoms with Gasteiger partial charge in [0.05, 0.1) is 15.5 Å². The standard InChI is InChI=1S/C20H19BrN4O/c1-3-12-25-16-11-7-5-9-14(16)22-20(25)23-19(26)18-17(21)13-8-4-6-10-15(13)24(18)2/h4-11H,3,12H2,1-2H3,(H,22,23,26). The van der Waals surface area contributed by atoms with Gasteiger partial charge in [-0.2, -0.15) is 0 Å². The minimum atomic E-state index is -0.178. The number of aromatic nitrogens is 3. The Balaban J connectivity index is 1.78. The second kappa shape index (κ2) is 6.61. The van der Waals surface area contributed by atoms with Crippen LogP contribution in [-0.4, -0.2) is 20.0 Å². The highest BCUT2D eigenvalue weighted by molar-refractivity contribution is 9.10. The molecule has 2 aromatic heterocycles. The number of para-hydroxylation sites is 3. The third-order valence-corrected chi connectivity index (χ3v) is 5.39. The average molecular weight is 411 g/mol. The van der Waals surface area contributed by atoms with Crippen molar-refractivity contribution in [2.75, 3.05) is 5.32 Å². The Bertz CT molecular complexity index is 1090. The molecule has 0 bridgehead atoms. The number of hydrogen-bond donors (Lipinski definition) is 1. The maximum Gasteiger partial charge on any atom is 0.275 e. The molecule has 4 aromatic rings. The number of carbonyl (C=O) groups is 1. The molecule has 1 N–H and O–H groups in total. The van der Waals surface area contributed by atoms with Crippen molar-refractivity contribution in [1.29, 1.82) is 0 Å². The minimum absolute atomic E-state index is 0.178. The number of benzene rings is 2. The van der Waals surface area contributed by atoms with Crippen LogP contribution in [-0.2, 0) is 13.6 Å². The van der Waals surface area contributed by atoms with E-state index in [2.05, 4.69) is 37.7 Å². The van der Waals surface area contributed by atoms with Crippen LogP contribution in [0.5, 0.6) is 0 Å². The van der Waals surface area contributed by atoms with E-state index in [9.17, 15) is 4.79 Å². The summed E-state index contributed by atoms with van der Waals surface area (Å²) in [6, 6.07) is 15.9. The van der Waals surface area contributed by atoms with Crippen LogP contribution in [0.3, 0.4) is 0 Å². The van der Waals surface area contributed by atoms with Crippen molar-refractivity contribution in [3.63, 3.8) is 0 Å². The Morgan fingerprint density at radius 1 is 1.12 bits per heavy atom. The van der Waals surface area contributed by atoms with Crippen LogP contribution in [0, 0.1) is 0 Å². The molecular formula is C20H19BrN4O. The van der Waals surface area contributed by atoms with E-state index in [0.717, 1.165) is 39.4 Å². The van der Waals surface area contributed by atoms with E-state index in [0.29, 0.717) is 11.6 Å². The number of nitrogens with zero attached hydrogens (tertiary/aromatic N) is 3. The molecule has 0 aliphatic heterocycles. The molecule has 0 saturated heterocycles. The van der Waals surface area contributed by atoms with Gasteiger partial charge in [-0.1, -0.05) is 37.3 Å². The molecule has 132 valence electrons. The van der Waals surface area contributed by atoms with Gasteiger partial charge in [-0.05, 0) is 40.5 Å². The molecule has 0 spiro atoms. The Labute approximate surface area is 159 Å². The highest BCUT2D eigenvalue weighted by atomic mass is 79.9. The second-order valence-corrected chi connectivity index (χ2v) is 7.06. The number of hydrogen-bond acceptors (Lipinski definition) is 2. The molecule has 0 aliphatic carbocycles. The van der Waals surface area contributed by atoms with Crippen LogP contribution in [0.25, 0.3) is 21.9 Å². The first kappa shape index (κ1) is 16.8. The fraction of sp³-hybridized carbons (Fsp3) is 0.200. The van der Waals surface area contributed by atoms with E-state index in [-0.39, 0.29) is 5.91 Å². The molecule has 4 rings (SSSR count). The van der Waals surface area contributed by atoms with E-state index < -0.39 is 0 Å². The van der Waals surface area contributed by atoms with Gasteiger partial charge in [0.1, 0.15) is 5.69 Å². The summed E-state index contributed by atoms with van der Waals surface area (Å²) in [7, 11) is 1.90. The fourth-order valence-electron chi connectivity index (χ4n) is 3.38. The van der Waals surface area contributed by atoms with Gasteiger partial charge < -0.3 is 9.13 Å². The predicted octanol–water partition coefficient (Wildman–Crippen LogP) is 4.95. The zero-order chi connectivity index (χ0) is 18.3. The fourth-order valence-corrected chi connectivity index (χ4v) is 4.16. The van der Waals surface area contributed by atoms with E-state index in [1.807, 2.05) is 60.1 Å². The van der Waals surface area contributed by atoms with Crippen molar-refractivity contribution >= 4 is 49.7 Å². The molecule has 2 heterocycles. The topological polar surface area (TPSA) is 51.9 Å². The highest BCUT2D eigenvalue weighted by Gasteiger charge is 2.21. The summed E-state index contributed by atoms with van der Waals surface area (Å²) < 4.78 is 4.76. The van der Waals surface area contributed by atoms with Gasteiger partial charge in [0.25, 0.3) is 5.91 Å². The lowest BCUT2D eigenvalue weighted by Gasteiger charge is -2.10. The maximum absolute atomic E-state index is 13.0. The van der Waals surface area contributed by atoms with Crippen molar-refractivity contribution in [2.24, 2.45) is 7.05 Å². The summed E-state index contributed by atoms with van der Waals surface area (Å²) in [5.74, 6) is 0.401. The number of nitrogens with one attached hydrogen (secondary N) is 1. The van der Waals surface area contributed by atoms with Crippen LogP contribution in [0.2, 0.25) is 0 Å². The molecule has 0 radical (unpaired) electrons. The molecule has 5 nitrogen and oxygen atoms in total. The number of carbonyl (C=O) groups excluding carboxylic acids is 1. The van der Waals surface area contributed by atoms with Crippen LogP contribution >= 0.6 is 15.9 Å². The van der Waals surface area contributed by atoms with Gasteiger partial charge in [-0.25, -0.2) is 4.98 Å². The largest absolute Gasteiger partial charge is 0.339 e. The Morgan fingerprint density at radius 3 is 2.54 bits per heavy atom. The number of amides is 1. The van der Waals surface area contributed by atoms with Gasteiger partial charge in [-0.3, -0.25) is 10.1 Å².